The van der Waals surface area contributed by atoms with Crippen molar-refractivity contribution in [3.8, 4) is 47.4 Å². The van der Waals surface area contributed by atoms with Gasteiger partial charge >= 0.3 is 11.9 Å². The maximum Gasteiger partial charge on any atom is 0.337 e. The van der Waals surface area contributed by atoms with Gasteiger partial charge in [0.15, 0.2) is 11.6 Å². The lowest BCUT2D eigenvalue weighted by atomic mass is 10.1. The van der Waals surface area contributed by atoms with Gasteiger partial charge in [0.2, 0.25) is 0 Å². The molecule has 2 heterocycles. The molecule has 4 rings (SSSR count). The highest BCUT2D eigenvalue weighted by atomic mass is 16.7. The van der Waals surface area contributed by atoms with E-state index < -0.39 is 17.5 Å². The molecule has 1 N–H and O–H groups in total. The first-order chi connectivity index (χ1) is 20.5. The van der Waals surface area contributed by atoms with Crippen molar-refractivity contribution in [3.63, 3.8) is 0 Å². The first kappa shape index (κ1) is 33.0. The summed E-state index contributed by atoms with van der Waals surface area (Å²) >= 11 is 0. The van der Waals surface area contributed by atoms with E-state index in [-0.39, 0.29) is 23.4 Å². The zero-order valence-electron chi connectivity index (χ0n) is 24.9. The number of hydrogen-bond acceptors (Lipinski definition) is 7. The van der Waals surface area contributed by atoms with Crippen molar-refractivity contribution < 1.29 is 38.4 Å². The molecule has 43 heavy (non-hydrogen) atoms. The average molecular weight is 583 g/mol. The first-order valence-corrected chi connectivity index (χ1v) is 13.6. The van der Waals surface area contributed by atoms with Gasteiger partial charge in [-0.3, -0.25) is 0 Å². The summed E-state index contributed by atoms with van der Waals surface area (Å²) in [5.41, 5.74) is 2.26. The molecule has 0 bridgehead atoms. The zero-order chi connectivity index (χ0) is 31.3. The molecule has 2 aromatic carbocycles. The summed E-state index contributed by atoms with van der Waals surface area (Å²) in [5, 5.41) is 8.79. The van der Waals surface area contributed by atoms with Crippen LogP contribution in [0.25, 0.3) is 0 Å². The molecule has 2 aromatic rings. The van der Waals surface area contributed by atoms with Gasteiger partial charge in [0.1, 0.15) is 0 Å². The molecule has 2 aliphatic heterocycles. The minimum Gasteiger partial charge on any atom is -0.478 e. The van der Waals surface area contributed by atoms with Crippen LogP contribution >= 0.6 is 0 Å². The van der Waals surface area contributed by atoms with Gasteiger partial charge in [-0.25, -0.2) is 9.59 Å². The van der Waals surface area contributed by atoms with Gasteiger partial charge in [0.05, 0.1) is 56.5 Å². The molecule has 2 fully saturated rings. The van der Waals surface area contributed by atoms with E-state index in [1.54, 1.807) is 36.4 Å². The Balaban J connectivity index is 0.000000236. The number of carboxylic acid groups (broad SMARTS) is 1. The Kier molecular flexibility index (Phi) is 12.0. The Morgan fingerprint density at radius 2 is 1.05 bits per heavy atom. The summed E-state index contributed by atoms with van der Waals surface area (Å²) in [6.07, 6.45) is 0. The van der Waals surface area contributed by atoms with Gasteiger partial charge in [0.25, 0.3) is 0 Å². The molecule has 2 saturated heterocycles. The van der Waals surface area contributed by atoms with Crippen molar-refractivity contribution in [3.05, 3.63) is 70.8 Å². The topological polar surface area (TPSA) is 101 Å². The molecule has 0 amide bonds. The molecule has 222 valence electrons. The fourth-order valence-electron chi connectivity index (χ4n) is 3.54. The Bertz CT molecular complexity index is 1500. The summed E-state index contributed by atoms with van der Waals surface area (Å²) < 4.78 is 26.7. The third-order valence-corrected chi connectivity index (χ3v) is 6.06. The Hall–Kier alpha value is -4.54. The van der Waals surface area contributed by atoms with Crippen LogP contribution in [0.1, 0.15) is 59.5 Å². The van der Waals surface area contributed by atoms with Crippen LogP contribution in [0, 0.1) is 59.2 Å². The average Bonchev–Trinajstić information content (AvgIpc) is 2.99. The maximum atomic E-state index is 11.3. The van der Waals surface area contributed by atoms with E-state index in [1.165, 1.54) is 19.2 Å². The predicted octanol–water partition coefficient (Wildman–Crippen LogP) is 4.37. The van der Waals surface area contributed by atoms with E-state index in [2.05, 4.69) is 52.1 Å². The van der Waals surface area contributed by atoms with Gasteiger partial charge in [-0.2, -0.15) is 0 Å². The third-order valence-electron chi connectivity index (χ3n) is 6.06. The fraction of sp³-hybridized carbons (Fsp3) is 0.371. The van der Waals surface area contributed by atoms with E-state index in [0.717, 1.165) is 11.1 Å². The number of carbonyl (C=O) groups is 2. The maximum absolute atomic E-state index is 11.3. The van der Waals surface area contributed by atoms with Crippen molar-refractivity contribution in [1.82, 2.24) is 0 Å². The van der Waals surface area contributed by atoms with E-state index >= 15 is 0 Å². The van der Waals surface area contributed by atoms with E-state index in [4.69, 9.17) is 24.1 Å². The van der Waals surface area contributed by atoms with Gasteiger partial charge in [-0.1, -0.05) is 23.7 Å². The van der Waals surface area contributed by atoms with Crippen molar-refractivity contribution in [1.29, 1.82) is 0 Å². The smallest absolute Gasteiger partial charge is 0.337 e. The van der Waals surface area contributed by atoms with E-state index in [0.29, 0.717) is 32.0 Å². The quantitative estimate of drug-likeness (QED) is 0.412. The van der Waals surface area contributed by atoms with Gasteiger partial charge in [-0.05, 0) is 99.9 Å². The van der Waals surface area contributed by atoms with Crippen LogP contribution in [-0.2, 0) is 23.7 Å². The molecular formula is C35H34O8. The monoisotopic (exact) mass is 582 g/mol. The molecule has 0 saturated carbocycles. The number of methoxy groups -OCH3 is 1. The SMILES string of the molecule is CC1(C)OCC(C#CC#Cc2ccc(C(=O)O)cc2)CO1.COC(=O)c1ccc(C#CC#CC2COC(C)(C)OC2)cc1. The highest BCUT2D eigenvalue weighted by molar-refractivity contribution is 5.89. The van der Waals surface area contributed by atoms with E-state index in [1.807, 2.05) is 27.7 Å². The number of ether oxygens (including phenoxy) is 5. The summed E-state index contributed by atoms with van der Waals surface area (Å²) in [5.74, 6) is 20.7. The van der Waals surface area contributed by atoms with Crippen LogP contribution in [0.3, 0.4) is 0 Å². The van der Waals surface area contributed by atoms with Crippen molar-refractivity contribution in [2.45, 2.75) is 39.3 Å². The zero-order valence-corrected chi connectivity index (χ0v) is 24.9. The van der Waals surface area contributed by atoms with Crippen LogP contribution in [-0.4, -0.2) is 62.2 Å². The van der Waals surface area contributed by atoms with Crippen LogP contribution in [0.5, 0.6) is 0 Å². The second-order valence-corrected chi connectivity index (χ2v) is 10.4. The largest absolute Gasteiger partial charge is 0.478 e. The lowest BCUT2D eigenvalue weighted by molar-refractivity contribution is -0.255. The summed E-state index contributed by atoms with van der Waals surface area (Å²) in [6, 6.07) is 13.2. The Morgan fingerprint density at radius 1 is 0.674 bits per heavy atom. The number of esters is 1. The molecule has 8 nitrogen and oxygen atoms in total. The summed E-state index contributed by atoms with van der Waals surface area (Å²) in [6.45, 7) is 9.69. The molecule has 0 aliphatic carbocycles. The number of hydrogen-bond donors (Lipinski definition) is 1. The van der Waals surface area contributed by atoms with Crippen LogP contribution in [0.15, 0.2) is 48.5 Å². The minimum absolute atomic E-state index is 0.0294. The van der Waals surface area contributed by atoms with Crippen molar-refractivity contribution in [2.24, 2.45) is 11.8 Å². The number of rotatable bonds is 2. The lowest BCUT2D eigenvalue weighted by Crippen LogP contribution is -2.38. The van der Waals surface area contributed by atoms with E-state index in [9.17, 15) is 9.59 Å². The van der Waals surface area contributed by atoms with Gasteiger partial charge in [0, 0.05) is 11.1 Å². The Labute approximate surface area is 253 Å². The van der Waals surface area contributed by atoms with Crippen molar-refractivity contribution in [2.75, 3.05) is 33.5 Å². The summed E-state index contributed by atoms with van der Waals surface area (Å²) in [7, 11) is 1.35. The molecule has 0 unspecified atom stereocenters. The highest BCUT2D eigenvalue weighted by Crippen LogP contribution is 2.20. The van der Waals surface area contributed by atoms with Crippen LogP contribution in [0.4, 0.5) is 0 Å². The number of carboxylic acids is 1. The molecule has 0 radical (unpaired) electrons. The second kappa shape index (κ2) is 15.6. The fourth-order valence-corrected chi connectivity index (χ4v) is 3.54. The molecule has 0 aromatic heterocycles. The van der Waals surface area contributed by atoms with Crippen LogP contribution in [0.2, 0.25) is 0 Å². The molecular weight excluding hydrogens is 548 g/mol. The highest BCUT2D eigenvalue weighted by Gasteiger charge is 2.28. The Morgan fingerprint density at radius 3 is 1.40 bits per heavy atom. The number of carbonyl (C=O) groups excluding carboxylic acids is 1. The van der Waals surface area contributed by atoms with Crippen LogP contribution < -0.4 is 0 Å². The van der Waals surface area contributed by atoms with Gasteiger partial charge < -0.3 is 28.8 Å². The third kappa shape index (κ3) is 11.7. The second-order valence-electron chi connectivity index (χ2n) is 10.4. The lowest BCUT2D eigenvalue weighted by Gasteiger charge is -2.32. The number of benzene rings is 2. The predicted molar refractivity (Wildman–Crippen MR) is 159 cm³/mol. The molecule has 0 spiro atoms. The molecule has 2 aliphatic rings. The summed E-state index contributed by atoms with van der Waals surface area (Å²) in [4.78, 5) is 22.0. The first-order valence-electron chi connectivity index (χ1n) is 13.6. The van der Waals surface area contributed by atoms with Gasteiger partial charge in [-0.15, -0.1) is 0 Å². The standard InChI is InChI=1S/C18H18O4.C17H16O4/c1-18(2)21-12-15(13-22-18)7-5-4-6-14-8-10-16(11-9-14)17(19)20-3;1-17(2)20-11-14(12-21-17)6-4-3-5-13-7-9-15(10-8-13)16(18)19/h8-11,15H,12-13H2,1-3H3;7-10,14H,11-12H2,1-2H3,(H,18,19). The number of aromatic carboxylic acids is 1. The molecule has 0 atom stereocenters. The molecule has 8 heteroatoms. The normalized spacial score (nSPS) is 16.9. The van der Waals surface area contributed by atoms with Crippen molar-refractivity contribution >= 4 is 11.9 Å². The minimum atomic E-state index is -0.950.